The summed E-state index contributed by atoms with van der Waals surface area (Å²) in [5, 5.41) is 12.9. The maximum Gasteiger partial charge on any atom is 0.119 e. The number of rotatable bonds is 9. The van der Waals surface area contributed by atoms with Crippen molar-refractivity contribution in [2.24, 2.45) is 0 Å². The molecule has 1 aromatic rings. The van der Waals surface area contributed by atoms with Crippen LogP contribution < -0.4 is 10.1 Å². The molecule has 4 heteroatoms. The summed E-state index contributed by atoms with van der Waals surface area (Å²) in [5.74, 6) is 0.897. The second-order valence-corrected chi connectivity index (χ2v) is 4.58. The fourth-order valence-corrected chi connectivity index (χ4v) is 1.88. The van der Waals surface area contributed by atoms with Gasteiger partial charge in [0, 0.05) is 13.2 Å². The molecule has 0 heterocycles. The lowest BCUT2D eigenvalue weighted by atomic mass is 10.1. The van der Waals surface area contributed by atoms with Crippen LogP contribution in [0.25, 0.3) is 0 Å². The first-order chi connectivity index (χ1) is 9.17. The molecule has 2 unspecified atom stereocenters. The summed E-state index contributed by atoms with van der Waals surface area (Å²) in [4.78, 5) is 0. The van der Waals surface area contributed by atoms with Crippen molar-refractivity contribution in [3.63, 3.8) is 0 Å². The van der Waals surface area contributed by atoms with Crippen molar-refractivity contribution in [3.05, 3.63) is 29.8 Å². The molecule has 0 aromatic heterocycles. The van der Waals surface area contributed by atoms with Gasteiger partial charge in [0.05, 0.1) is 19.3 Å². The predicted molar refractivity (Wildman–Crippen MR) is 76.5 cm³/mol. The van der Waals surface area contributed by atoms with Crippen molar-refractivity contribution < 1.29 is 14.6 Å². The highest BCUT2D eigenvalue weighted by molar-refractivity contribution is 5.28. The Kier molecular flexibility index (Phi) is 7.48. The maximum absolute atomic E-state index is 9.55. The molecule has 0 spiro atoms. The lowest BCUT2D eigenvalue weighted by Gasteiger charge is -2.16. The summed E-state index contributed by atoms with van der Waals surface area (Å²) >= 11 is 0. The SMILES string of the molecule is CCOc1ccc(C(C)NCCC(O)COC)cc1. The van der Waals surface area contributed by atoms with Crippen LogP contribution in [0.2, 0.25) is 0 Å². The number of ether oxygens (including phenoxy) is 2. The topological polar surface area (TPSA) is 50.7 Å². The molecule has 2 atom stereocenters. The van der Waals surface area contributed by atoms with E-state index in [4.69, 9.17) is 9.47 Å². The van der Waals surface area contributed by atoms with Gasteiger partial charge in [-0.3, -0.25) is 0 Å². The van der Waals surface area contributed by atoms with Crippen molar-refractivity contribution >= 4 is 0 Å². The van der Waals surface area contributed by atoms with Gasteiger partial charge in [-0.15, -0.1) is 0 Å². The Hall–Kier alpha value is -1.10. The van der Waals surface area contributed by atoms with Crippen molar-refractivity contribution in [3.8, 4) is 5.75 Å². The van der Waals surface area contributed by atoms with Gasteiger partial charge in [-0.1, -0.05) is 12.1 Å². The van der Waals surface area contributed by atoms with E-state index < -0.39 is 6.10 Å². The summed E-state index contributed by atoms with van der Waals surface area (Å²) in [6.07, 6.45) is 0.292. The Morgan fingerprint density at radius 2 is 1.95 bits per heavy atom. The van der Waals surface area contributed by atoms with Gasteiger partial charge in [0.1, 0.15) is 5.75 Å². The molecular weight excluding hydrogens is 242 g/mol. The number of benzene rings is 1. The van der Waals surface area contributed by atoms with Gasteiger partial charge < -0.3 is 19.9 Å². The zero-order chi connectivity index (χ0) is 14.1. The molecule has 2 N–H and O–H groups in total. The van der Waals surface area contributed by atoms with Gasteiger partial charge in [0.2, 0.25) is 0 Å². The lowest BCUT2D eigenvalue weighted by Crippen LogP contribution is -2.25. The fraction of sp³-hybridized carbons (Fsp3) is 0.600. The zero-order valence-electron chi connectivity index (χ0n) is 12.1. The van der Waals surface area contributed by atoms with Crippen molar-refractivity contribution in [1.29, 1.82) is 0 Å². The third-order valence-corrected chi connectivity index (χ3v) is 2.98. The average Bonchev–Trinajstić information content (AvgIpc) is 2.40. The first-order valence-corrected chi connectivity index (χ1v) is 6.80. The summed E-state index contributed by atoms with van der Waals surface area (Å²) < 4.78 is 10.3. The van der Waals surface area contributed by atoms with Crippen LogP contribution in [-0.4, -0.2) is 38.1 Å². The Morgan fingerprint density at radius 3 is 2.53 bits per heavy atom. The van der Waals surface area contributed by atoms with Crippen molar-refractivity contribution in [2.45, 2.75) is 32.4 Å². The van der Waals surface area contributed by atoms with Crippen LogP contribution in [0.15, 0.2) is 24.3 Å². The normalized spacial score (nSPS) is 14.1. The molecule has 0 aliphatic heterocycles. The smallest absolute Gasteiger partial charge is 0.119 e. The predicted octanol–water partition coefficient (Wildman–Crippen LogP) is 2.13. The molecule has 108 valence electrons. The molecule has 0 saturated heterocycles. The first-order valence-electron chi connectivity index (χ1n) is 6.80. The van der Waals surface area contributed by atoms with Crippen molar-refractivity contribution in [2.75, 3.05) is 26.9 Å². The van der Waals surface area contributed by atoms with E-state index in [9.17, 15) is 5.11 Å². The summed E-state index contributed by atoms with van der Waals surface area (Å²) in [7, 11) is 1.60. The van der Waals surface area contributed by atoms with E-state index in [1.165, 1.54) is 5.56 Å². The third kappa shape index (κ3) is 6.05. The molecule has 0 saturated carbocycles. The number of nitrogens with one attached hydrogen (secondary N) is 1. The van der Waals surface area contributed by atoms with E-state index in [-0.39, 0.29) is 6.04 Å². The second-order valence-electron chi connectivity index (χ2n) is 4.58. The van der Waals surface area contributed by atoms with E-state index in [1.54, 1.807) is 7.11 Å². The Bertz CT molecular complexity index is 340. The first kappa shape index (κ1) is 16.0. The highest BCUT2D eigenvalue weighted by Crippen LogP contribution is 2.17. The minimum atomic E-state index is -0.398. The minimum Gasteiger partial charge on any atom is -0.494 e. The quantitative estimate of drug-likeness (QED) is 0.719. The number of aliphatic hydroxyl groups excluding tert-OH is 1. The van der Waals surface area contributed by atoms with Crippen LogP contribution in [0.4, 0.5) is 0 Å². The van der Waals surface area contributed by atoms with E-state index in [0.29, 0.717) is 19.6 Å². The van der Waals surface area contributed by atoms with Gasteiger partial charge in [0.25, 0.3) is 0 Å². The maximum atomic E-state index is 9.55. The minimum absolute atomic E-state index is 0.255. The molecule has 1 aromatic carbocycles. The van der Waals surface area contributed by atoms with Crippen LogP contribution in [-0.2, 0) is 4.74 Å². The molecule has 0 aliphatic carbocycles. The molecular formula is C15H25NO3. The van der Waals surface area contributed by atoms with Gasteiger partial charge in [-0.05, 0) is 44.5 Å². The average molecular weight is 267 g/mol. The number of aliphatic hydroxyl groups is 1. The molecule has 4 nitrogen and oxygen atoms in total. The molecule has 0 fully saturated rings. The monoisotopic (exact) mass is 267 g/mol. The fourth-order valence-electron chi connectivity index (χ4n) is 1.88. The summed E-state index contributed by atoms with van der Waals surface area (Å²) in [6.45, 7) is 5.92. The van der Waals surface area contributed by atoms with Crippen LogP contribution in [0.5, 0.6) is 5.75 Å². The Labute approximate surface area is 115 Å². The molecule has 0 radical (unpaired) electrons. The van der Waals surface area contributed by atoms with E-state index in [1.807, 2.05) is 19.1 Å². The van der Waals surface area contributed by atoms with E-state index in [0.717, 1.165) is 12.3 Å². The molecule has 1 rings (SSSR count). The summed E-state index contributed by atoms with van der Waals surface area (Å²) in [5.41, 5.74) is 1.21. The number of methoxy groups -OCH3 is 1. The number of hydrogen-bond donors (Lipinski definition) is 2. The Morgan fingerprint density at radius 1 is 1.26 bits per heavy atom. The molecule has 0 bridgehead atoms. The molecule has 19 heavy (non-hydrogen) atoms. The van der Waals surface area contributed by atoms with E-state index in [2.05, 4.69) is 24.4 Å². The van der Waals surface area contributed by atoms with Gasteiger partial charge in [0.15, 0.2) is 0 Å². The molecule has 0 aliphatic rings. The third-order valence-electron chi connectivity index (χ3n) is 2.98. The Balaban J connectivity index is 2.34. The van der Waals surface area contributed by atoms with Gasteiger partial charge in [-0.2, -0.15) is 0 Å². The van der Waals surface area contributed by atoms with Crippen molar-refractivity contribution in [1.82, 2.24) is 5.32 Å². The van der Waals surface area contributed by atoms with Crippen LogP contribution in [0.3, 0.4) is 0 Å². The lowest BCUT2D eigenvalue weighted by molar-refractivity contribution is 0.0590. The largest absolute Gasteiger partial charge is 0.494 e. The standard InChI is InChI=1S/C15H25NO3/c1-4-19-15-7-5-13(6-8-15)12(2)16-10-9-14(17)11-18-3/h5-8,12,14,16-17H,4,9-11H2,1-3H3. The van der Waals surface area contributed by atoms with Gasteiger partial charge in [-0.25, -0.2) is 0 Å². The van der Waals surface area contributed by atoms with E-state index >= 15 is 0 Å². The second kappa shape index (κ2) is 8.91. The summed E-state index contributed by atoms with van der Waals surface area (Å²) in [6, 6.07) is 8.35. The van der Waals surface area contributed by atoms with Crippen LogP contribution >= 0.6 is 0 Å². The highest BCUT2D eigenvalue weighted by atomic mass is 16.5. The molecule has 0 amide bonds. The van der Waals surface area contributed by atoms with Crippen LogP contribution in [0, 0.1) is 0 Å². The number of hydrogen-bond acceptors (Lipinski definition) is 4. The zero-order valence-corrected chi connectivity index (χ0v) is 12.1. The van der Waals surface area contributed by atoms with Gasteiger partial charge >= 0.3 is 0 Å². The highest BCUT2D eigenvalue weighted by Gasteiger charge is 2.07. The van der Waals surface area contributed by atoms with Crippen LogP contribution in [0.1, 0.15) is 31.9 Å².